The van der Waals surface area contributed by atoms with Gasteiger partial charge in [-0.2, -0.15) is 4.98 Å². The number of rotatable bonds is 4. The lowest BCUT2D eigenvalue weighted by Gasteiger charge is -2.05. The Kier molecular flexibility index (Phi) is 4.43. The van der Waals surface area contributed by atoms with Crippen LogP contribution in [0.2, 0.25) is 0 Å². The lowest BCUT2D eigenvalue weighted by atomic mass is 10.2. The standard InChI is InChI=1S/C15H14N4O4S/c1-3-22-15(21)23-11-6-4-10(5-7-11)12(20)16-13-17-14-19(18-13)9(2)8-24-14/h4-8H,3H2,1-2H3,(H,16,18,20). The summed E-state index contributed by atoms with van der Waals surface area (Å²) >= 11 is 1.45. The largest absolute Gasteiger partial charge is 0.513 e. The van der Waals surface area contributed by atoms with Crippen LogP contribution in [0.15, 0.2) is 29.6 Å². The number of carbonyl (C=O) groups excluding carboxylic acids is 2. The van der Waals surface area contributed by atoms with E-state index in [-0.39, 0.29) is 18.5 Å². The Bertz CT molecular complexity index is 885. The fourth-order valence-corrected chi connectivity index (χ4v) is 2.74. The molecule has 1 aromatic carbocycles. The van der Waals surface area contributed by atoms with Gasteiger partial charge in [0.15, 0.2) is 0 Å². The first-order valence-corrected chi connectivity index (χ1v) is 8.01. The molecular formula is C15H14N4O4S. The summed E-state index contributed by atoms with van der Waals surface area (Å²) in [6.45, 7) is 3.82. The molecule has 8 nitrogen and oxygen atoms in total. The van der Waals surface area contributed by atoms with Crippen LogP contribution < -0.4 is 10.1 Å². The third kappa shape index (κ3) is 3.35. The zero-order valence-corrected chi connectivity index (χ0v) is 13.8. The molecule has 0 unspecified atom stereocenters. The molecule has 0 spiro atoms. The number of aryl methyl sites for hydroxylation is 1. The summed E-state index contributed by atoms with van der Waals surface area (Å²) in [5.41, 5.74) is 1.34. The van der Waals surface area contributed by atoms with E-state index in [0.29, 0.717) is 16.3 Å². The highest BCUT2D eigenvalue weighted by Gasteiger charge is 2.12. The Labute approximate surface area is 141 Å². The molecule has 0 aliphatic heterocycles. The Morgan fingerprint density at radius 1 is 1.29 bits per heavy atom. The Balaban J connectivity index is 1.67. The van der Waals surface area contributed by atoms with E-state index in [9.17, 15) is 9.59 Å². The van der Waals surface area contributed by atoms with Crippen molar-refractivity contribution < 1.29 is 19.1 Å². The minimum Gasteiger partial charge on any atom is -0.434 e. The number of aromatic nitrogens is 3. The predicted octanol–water partition coefficient (Wildman–Crippen LogP) is 2.89. The number of thiazole rings is 1. The molecular weight excluding hydrogens is 332 g/mol. The number of nitrogens with one attached hydrogen (secondary N) is 1. The number of anilines is 1. The number of hydrogen-bond donors (Lipinski definition) is 1. The summed E-state index contributed by atoms with van der Waals surface area (Å²) in [4.78, 5) is 28.4. The minimum atomic E-state index is -0.785. The van der Waals surface area contributed by atoms with Crippen molar-refractivity contribution in [2.75, 3.05) is 11.9 Å². The highest BCUT2D eigenvalue weighted by Crippen LogP contribution is 2.17. The summed E-state index contributed by atoms with van der Waals surface area (Å²) in [6.07, 6.45) is -0.785. The van der Waals surface area contributed by atoms with E-state index in [1.54, 1.807) is 11.4 Å². The van der Waals surface area contributed by atoms with Gasteiger partial charge in [-0.25, -0.2) is 9.31 Å². The molecule has 124 valence electrons. The molecule has 3 rings (SSSR count). The molecule has 0 saturated carbocycles. The molecule has 3 aromatic rings. The predicted molar refractivity (Wildman–Crippen MR) is 87.6 cm³/mol. The van der Waals surface area contributed by atoms with Crippen LogP contribution in [0.4, 0.5) is 10.7 Å². The molecule has 24 heavy (non-hydrogen) atoms. The summed E-state index contributed by atoms with van der Waals surface area (Å²) in [7, 11) is 0. The number of hydrogen-bond acceptors (Lipinski definition) is 7. The van der Waals surface area contributed by atoms with Crippen LogP contribution in [-0.2, 0) is 4.74 Å². The molecule has 9 heteroatoms. The van der Waals surface area contributed by atoms with Crippen molar-refractivity contribution in [2.45, 2.75) is 13.8 Å². The van der Waals surface area contributed by atoms with Crippen molar-refractivity contribution in [3.8, 4) is 5.75 Å². The van der Waals surface area contributed by atoms with Crippen molar-refractivity contribution in [2.24, 2.45) is 0 Å². The van der Waals surface area contributed by atoms with Gasteiger partial charge >= 0.3 is 6.16 Å². The van der Waals surface area contributed by atoms with Crippen molar-refractivity contribution in [1.29, 1.82) is 0 Å². The fraction of sp³-hybridized carbons (Fsp3) is 0.200. The highest BCUT2D eigenvalue weighted by molar-refractivity contribution is 7.15. The quantitative estimate of drug-likeness (QED) is 0.576. The number of benzene rings is 1. The molecule has 1 N–H and O–H groups in total. The minimum absolute atomic E-state index is 0.230. The maximum absolute atomic E-state index is 12.2. The van der Waals surface area contributed by atoms with Crippen LogP contribution in [0, 0.1) is 6.92 Å². The van der Waals surface area contributed by atoms with Crippen LogP contribution in [0.3, 0.4) is 0 Å². The van der Waals surface area contributed by atoms with E-state index >= 15 is 0 Å². The molecule has 2 aromatic heterocycles. The fourth-order valence-electron chi connectivity index (χ4n) is 1.94. The maximum atomic E-state index is 12.2. The average molecular weight is 346 g/mol. The van der Waals surface area contributed by atoms with Crippen molar-refractivity contribution in [3.63, 3.8) is 0 Å². The van der Waals surface area contributed by atoms with Gasteiger partial charge in [-0.1, -0.05) is 0 Å². The number of amides is 1. The molecule has 0 radical (unpaired) electrons. The molecule has 0 aliphatic rings. The number of nitrogens with zero attached hydrogens (tertiary/aromatic N) is 3. The van der Waals surface area contributed by atoms with E-state index in [1.807, 2.05) is 12.3 Å². The third-order valence-corrected chi connectivity index (χ3v) is 3.99. The number of carbonyl (C=O) groups is 2. The maximum Gasteiger partial charge on any atom is 0.513 e. The van der Waals surface area contributed by atoms with Crippen LogP contribution >= 0.6 is 11.3 Å². The van der Waals surface area contributed by atoms with E-state index in [2.05, 4.69) is 20.1 Å². The van der Waals surface area contributed by atoms with Crippen LogP contribution in [0.25, 0.3) is 4.96 Å². The first-order valence-electron chi connectivity index (χ1n) is 7.13. The molecule has 2 heterocycles. The van der Waals surface area contributed by atoms with Gasteiger partial charge in [0.25, 0.3) is 11.9 Å². The summed E-state index contributed by atoms with van der Waals surface area (Å²) in [5, 5.41) is 8.78. The highest BCUT2D eigenvalue weighted by atomic mass is 32.1. The van der Waals surface area contributed by atoms with Gasteiger partial charge in [-0.3, -0.25) is 10.1 Å². The van der Waals surface area contributed by atoms with Crippen LogP contribution in [-0.4, -0.2) is 33.3 Å². The monoisotopic (exact) mass is 346 g/mol. The zero-order valence-electron chi connectivity index (χ0n) is 13.0. The smallest absolute Gasteiger partial charge is 0.434 e. The van der Waals surface area contributed by atoms with Gasteiger partial charge < -0.3 is 9.47 Å². The van der Waals surface area contributed by atoms with Crippen LogP contribution in [0.1, 0.15) is 23.0 Å². The SMILES string of the molecule is CCOC(=O)Oc1ccc(C(=O)Nc2nc3scc(C)n3n2)cc1. The second-order valence-corrected chi connectivity index (χ2v) is 5.61. The molecule has 0 saturated heterocycles. The van der Waals surface area contributed by atoms with Gasteiger partial charge in [0, 0.05) is 10.9 Å². The Morgan fingerprint density at radius 3 is 2.71 bits per heavy atom. The van der Waals surface area contributed by atoms with Gasteiger partial charge in [0.05, 0.1) is 12.3 Å². The lowest BCUT2D eigenvalue weighted by molar-refractivity contribution is 0.102. The second kappa shape index (κ2) is 6.67. The number of fused-ring (bicyclic) bond motifs is 1. The Morgan fingerprint density at radius 2 is 2.04 bits per heavy atom. The normalized spacial score (nSPS) is 10.6. The van der Waals surface area contributed by atoms with E-state index in [4.69, 9.17) is 4.74 Å². The molecule has 1 amide bonds. The third-order valence-electron chi connectivity index (χ3n) is 3.05. The van der Waals surface area contributed by atoms with Crippen molar-refractivity contribution in [3.05, 3.63) is 40.9 Å². The molecule has 0 fully saturated rings. The first-order chi connectivity index (χ1) is 11.6. The topological polar surface area (TPSA) is 94.8 Å². The van der Waals surface area contributed by atoms with Gasteiger partial charge in [-0.05, 0) is 38.1 Å². The van der Waals surface area contributed by atoms with Gasteiger partial charge in [0.2, 0.25) is 4.96 Å². The van der Waals surface area contributed by atoms with Crippen LogP contribution in [0.5, 0.6) is 5.75 Å². The van der Waals surface area contributed by atoms with Crippen molar-refractivity contribution >= 4 is 34.3 Å². The second-order valence-electron chi connectivity index (χ2n) is 4.77. The first kappa shape index (κ1) is 15.9. The molecule has 0 bridgehead atoms. The van der Waals surface area contributed by atoms with E-state index in [1.165, 1.54) is 35.6 Å². The molecule has 0 aliphatic carbocycles. The molecule has 0 atom stereocenters. The lowest BCUT2D eigenvalue weighted by Crippen LogP contribution is -2.13. The zero-order chi connectivity index (χ0) is 17.1. The summed E-state index contributed by atoms with van der Waals surface area (Å²) in [6, 6.07) is 6.09. The van der Waals surface area contributed by atoms with Gasteiger partial charge in [0.1, 0.15) is 5.75 Å². The number of ether oxygens (including phenoxy) is 2. The summed E-state index contributed by atoms with van der Waals surface area (Å²) < 4.78 is 11.3. The van der Waals surface area contributed by atoms with Gasteiger partial charge in [-0.15, -0.1) is 16.4 Å². The summed E-state index contributed by atoms with van der Waals surface area (Å²) in [5.74, 6) is 0.177. The van der Waals surface area contributed by atoms with E-state index in [0.717, 1.165) is 5.69 Å². The van der Waals surface area contributed by atoms with Crippen molar-refractivity contribution in [1.82, 2.24) is 14.6 Å². The average Bonchev–Trinajstić information content (AvgIpc) is 3.10. The van der Waals surface area contributed by atoms with E-state index < -0.39 is 6.16 Å². The Hall–Kier alpha value is -2.94.